The molecule has 0 atom stereocenters. The van der Waals surface area contributed by atoms with Crippen LogP contribution in [0, 0.1) is 0 Å². The van der Waals surface area contributed by atoms with Gasteiger partial charge in [0.25, 0.3) is 0 Å². The maximum atomic E-state index is 10.7. The number of carboxylic acid groups (broad SMARTS) is 1. The zero-order valence-corrected chi connectivity index (χ0v) is 8.04. The normalized spacial score (nSPS) is 10.5. The van der Waals surface area contributed by atoms with Crippen molar-refractivity contribution in [1.82, 2.24) is 0 Å². The minimum atomic E-state index is -0.981. The Morgan fingerprint density at radius 1 is 1.46 bits per heavy atom. The van der Waals surface area contributed by atoms with Gasteiger partial charge in [-0.1, -0.05) is 22.0 Å². The smallest absolute Gasteiger partial charge is 0.339 e. The molecule has 0 fully saturated rings. The van der Waals surface area contributed by atoms with E-state index in [2.05, 4.69) is 15.9 Å². The minimum Gasteiger partial charge on any atom is -0.478 e. The highest BCUT2D eigenvalue weighted by Crippen LogP contribution is 2.28. The molecule has 0 aliphatic rings. The van der Waals surface area contributed by atoms with E-state index in [0.29, 0.717) is 11.0 Å². The number of rotatable bonds is 1. The van der Waals surface area contributed by atoms with E-state index in [4.69, 9.17) is 9.52 Å². The molecule has 0 spiro atoms. The zero-order chi connectivity index (χ0) is 9.42. The Morgan fingerprint density at radius 2 is 2.23 bits per heavy atom. The average Bonchev–Trinajstić information content (AvgIpc) is 2.49. The number of hydrogen-bond donors (Lipinski definition) is 1. The van der Waals surface area contributed by atoms with E-state index in [0.717, 1.165) is 4.47 Å². The fraction of sp³-hybridized carbons (Fsp3) is 0. The van der Waals surface area contributed by atoms with Crippen LogP contribution < -0.4 is 0 Å². The minimum absolute atomic E-state index is 0.183. The van der Waals surface area contributed by atoms with E-state index in [1.165, 1.54) is 6.26 Å². The Balaban J connectivity index is 2.86. The molecule has 1 aromatic carbocycles. The van der Waals surface area contributed by atoms with Gasteiger partial charge in [-0.25, -0.2) is 4.79 Å². The summed E-state index contributed by atoms with van der Waals surface area (Å²) in [6.45, 7) is 0. The predicted molar refractivity (Wildman–Crippen MR) is 50.9 cm³/mol. The standard InChI is InChI=1S/C9H5BrO3/c10-6-2-1-3-7-8(6)5(4-13-7)9(11)12/h1-4H,(H,11,12). The first-order chi connectivity index (χ1) is 6.20. The first kappa shape index (κ1) is 8.31. The second kappa shape index (κ2) is 2.88. The van der Waals surface area contributed by atoms with E-state index in [1.807, 2.05) is 0 Å². The first-order valence-electron chi connectivity index (χ1n) is 3.59. The van der Waals surface area contributed by atoms with Gasteiger partial charge in [0.05, 0.1) is 0 Å². The van der Waals surface area contributed by atoms with Gasteiger partial charge in [0.2, 0.25) is 0 Å². The van der Waals surface area contributed by atoms with Crippen LogP contribution in [0.5, 0.6) is 0 Å². The molecule has 66 valence electrons. The van der Waals surface area contributed by atoms with Crippen LogP contribution in [0.1, 0.15) is 10.4 Å². The highest BCUT2D eigenvalue weighted by Gasteiger charge is 2.14. The molecular weight excluding hydrogens is 236 g/mol. The summed E-state index contributed by atoms with van der Waals surface area (Å²) >= 11 is 3.27. The second-order valence-electron chi connectivity index (χ2n) is 2.57. The lowest BCUT2D eigenvalue weighted by Gasteiger charge is -1.93. The molecule has 2 aromatic rings. The summed E-state index contributed by atoms with van der Waals surface area (Å²) < 4.78 is 5.81. The van der Waals surface area contributed by atoms with Crippen molar-refractivity contribution in [3.8, 4) is 0 Å². The molecule has 0 saturated heterocycles. The summed E-state index contributed by atoms with van der Waals surface area (Å²) in [4.78, 5) is 10.7. The van der Waals surface area contributed by atoms with Gasteiger partial charge in [0, 0.05) is 9.86 Å². The lowest BCUT2D eigenvalue weighted by molar-refractivity contribution is 0.0698. The monoisotopic (exact) mass is 240 g/mol. The number of carboxylic acids is 1. The van der Waals surface area contributed by atoms with Crippen molar-refractivity contribution < 1.29 is 14.3 Å². The molecule has 0 saturated carbocycles. The van der Waals surface area contributed by atoms with Gasteiger partial charge < -0.3 is 9.52 Å². The Labute approximate surface area is 82.1 Å². The van der Waals surface area contributed by atoms with Crippen molar-refractivity contribution in [1.29, 1.82) is 0 Å². The van der Waals surface area contributed by atoms with E-state index in [-0.39, 0.29) is 5.56 Å². The largest absolute Gasteiger partial charge is 0.478 e. The fourth-order valence-electron chi connectivity index (χ4n) is 1.20. The Hall–Kier alpha value is -1.29. The third-order valence-corrected chi connectivity index (χ3v) is 2.44. The SMILES string of the molecule is O=C(O)c1coc2cccc(Br)c12. The number of carbonyl (C=O) groups is 1. The zero-order valence-electron chi connectivity index (χ0n) is 6.45. The molecular formula is C9H5BrO3. The predicted octanol–water partition coefficient (Wildman–Crippen LogP) is 2.89. The lowest BCUT2D eigenvalue weighted by atomic mass is 10.2. The topological polar surface area (TPSA) is 50.4 Å². The third kappa shape index (κ3) is 1.23. The van der Waals surface area contributed by atoms with Gasteiger partial charge >= 0.3 is 5.97 Å². The molecule has 13 heavy (non-hydrogen) atoms. The van der Waals surface area contributed by atoms with Crippen molar-refractivity contribution in [2.75, 3.05) is 0 Å². The van der Waals surface area contributed by atoms with Crippen molar-refractivity contribution in [3.05, 3.63) is 34.5 Å². The van der Waals surface area contributed by atoms with E-state index in [1.54, 1.807) is 18.2 Å². The summed E-state index contributed by atoms with van der Waals surface area (Å²) in [7, 11) is 0. The van der Waals surface area contributed by atoms with Gasteiger partial charge in [-0.05, 0) is 12.1 Å². The Kier molecular flexibility index (Phi) is 1.84. The van der Waals surface area contributed by atoms with E-state index < -0.39 is 5.97 Å². The van der Waals surface area contributed by atoms with Crippen LogP contribution in [0.15, 0.2) is 33.4 Å². The van der Waals surface area contributed by atoms with Crippen LogP contribution in [-0.4, -0.2) is 11.1 Å². The molecule has 0 aliphatic carbocycles. The van der Waals surface area contributed by atoms with Crippen molar-refractivity contribution >= 4 is 32.9 Å². The van der Waals surface area contributed by atoms with Crippen LogP contribution >= 0.6 is 15.9 Å². The summed E-state index contributed by atoms with van der Waals surface area (Å²) in [6.07, 6.45) is 1.25. The number of aromatic carboxylic acids is 1. The molecule has 3 nitrogen and oxygen atoms in total. The fourth-order valence-corrected chi connectivity index (χ4v) is 1.76. The third-order valence-electron chi connectivity index (χ3n) is 1.78. The molecule has 0 amide bonds. The molecule has 0 bridgehead atoms. The Bertz CT molecular complexity index is 473. The molecule has 0 aliphatic heterocycles. The van der Waals surface area contributed by atoms with Crippen LogP contribution in [0.4, 0.5) is 0 Å². The molecule has 1 aromatic heterocycles. The summed E-state index contributed by atoms with van der Waals surface area (Å²) in [5, 5.41) is 9.42. The van der Waals surface area contributed by atoms with Gasteiger partial charge in [0.15, 0.2) is 0 Å². The van der Waals surface area contributed by atoms with Crippen LogP contribution in [-0.2, 0) is 0 Å². The van der Waals surface area contributed by atoms with Crippen molar-refractivity contribution in [3.63, 3.8) is 0 Å². The maximum absolute atomic E-state index is 10.7. The number of furan rings is 1. The van der Waals surface area contributed by atoms with Gasteiger partial charge in [0.1, 0.15) is 17.4 Å². The van der Waals surface area contributed by atoms with Crippen molar-refractivity contribution in [2.45, 2.75) is 0 Å². The molecule has 1 heterocycles. The first-order valence-corrected chi connectivity index (χ1v) is 4.38. The number of benzene rings is 1. The van der Waals surface area contributed by atoms with E-state index in [9.17, 15) is 4.79 Å². The molecule has 1 N–H and O–H groups in total. The molecule has 4 heteroatoms. The maximum Gasteiger partial charge on any atom is 0.339 e. The molecule has 2 rings (SSSR count). The highest BCUT2D eigenvalue weighted by molar-refractivity contribution is 9.10. The van der Waals surface area contributed by atoms with Crippen LogP contribution in [0.2, 0.25) is 0 Å². The summed E-state index contributed by atoms with van der Waals surface area (Å²) in [6, 6.07) is 5.30. The van der Waals surface area contributed by atoms with Crippen LogP contribution in [0.3, 0.4) is 0 Å². The second-order valence-corrected chi connectivity index (χ2v) is 3.42. The van der Waals surface area contributed by atoms with E-state index >= 15 is 0 Å². The number of halogens is 1. The van der Waals surface area contributed by atoms with Crippen molar-refractivity contribution in [2.24, 2.45) is 0 Å². The lowest BCUT2D eigenvalue weighted by Crippen LogP contribution is -1.93. The summed E-state index contributed by atoms with van der Waals surface area (Å²) in [5.41, 5.74) is 0.759. The average molecular weight is 241 g/mol. The Morgan fingerprint density at radius 3 is 2.92 bits per heavy atom. The van der Waals surface area contributed by atoms with Crippen LogP contribution in [0.25, 0.3) is 11.0 Å². The number of fused-ring (bicyclic) bond motifs is 1. The van der Waals surface area contributed by atoms with Gasteiger partial charge in [-0.15, -0.1) is 0 Å². The number of hydrogen-bond acceptors (Lipinski definition) is 2. The van der Waals surface area contributed by atoms with Gasteiger partial charge in [-0.2, -0.15) is 0 Å². The quantitative estimate of drug-likeness (QED) is 0.834. The summed E-state index contributed by atoms with van der Waals surface area (Å²) in [5.74, 6) is -0.981. The van der Waals surface area contributed by atoms with Gasteiger partial charge in [-0.3, -0.25) is 0 Å². The molecule has 0 unspecified atom stereocenters. The molecule has 0 radical (unpaired) electrons. The highest BCUT2D eigenvalue weighted by atomic mass is 79.9.